The van der Waals surface area contributed by atoms with Crippen LogP contribution in [0.2, 0.25) is 5.02 Å². The van der Waals surface area contributed by atoms with Gasteiger partial charge in [-0.05, 0) is 80.3 Å². The second kappa shape index (κ2) is 11.0. The van der Waals surface area contributed by atoms with E-state index in [1.807, 2.05) is 24.3 Å². The molecule has 0 spiro atoms. The summed E-state index contributed by atoms with van der Waals surface area (Å²) >= 11 is 6.23. The van der Waals surface area contributed by atoms with Crippen molar-refractivity contribution in [2.75, 3.05) is 6.54 Å². The minimum absolute atomic E-state index is 0.0183. The number of ether oxygens (including phenoxy) is 1. The highest BCUT2D eigenvalue weighted by Gasteiger charge is 2.44. The van der Waals surface area contributed by atoms with Crippen LogP contribution in [0.1, 0.15) is 66.8 Å². The number of carbonyl (C=O) groups is 3. The van der Waals surface area contributed by atoms with Crippen molar-refractivity contribution >= 4 is 29.3 Å². The number of rotatable bonds is 10. The maximum Gasteiger partial charge on any atom is 0.306 e. The van der Waals surface area contributed by atoms with E-state index in [9.17, 15) is 14.4 Å². The summed E-state index contributed by atoms with van der Waals surface area (Å²) in [6, 6.07) is 14.7. The molecular formula is C27H30ClNO5. The second-order valence-electron chi connectivity index (χ2n) is 9.24. The molecule has 2 aliphatic rings. The molecule has 7 heteroatoms. The van der Waals surface area contributed by atoms with Crippen molar-refractivity contribution in [2.45, 2.75) is 57.0 Å². The monoisotopic (exact) mass is 483 g/mol. The average Bonchev–Trinajstić information content (AvgIpc) is 3.63. The Morgan fingerprint density at radius 3 is 2.38 bits per heavy atom. The standard InChI is InChI=1S/C27H30ClNO5/c28-24-5-2-1-4-21(24)22-16-23(22)26(31)29-15-3-6-25(30)17-7-11-19(12-8-17)34-20-13-9-18(10-14-20)27(32)33/h1-2,4-5,7-8,11-12,18,20,22-23H,3,6,9-10,13-16H2,(H,29,31)(H,32,33)/t18?,20?,22-,23+/m1/s1. The first-order chi connectivity index (χ1) is 16.4. The summed E-state index contributed by atoms with van der Waals surface area (Å²) in [6.45, 7) is 0.469. The van der Waals surface area contributed by atoms with Gasteiger partial charge in [0.1, 0.15) is 5.75 Å². The zero-order valence-corrected chi connectivity index (χ0v) is 19.8. The Morgan fingerprint density at radius 1 is 1.00 bits per heavy atom. The fourth-order valence-electron chi connectivity index (χ4n) is 4.68. The van der Waals surface area contributed by atoms with Gasteiger partial charge in [0.15, 0.2) is 5.78 Å². The number of Topliss-reactive ketones (excluding diaryl/α,β-unsaturated/α-hetero) is 1. The molecule has 0 heterocycles. The van der Waals surface area contributed by atoms with Crippen LogP contribution in [0.25, 0.3) is 0 Å². The Bertz CT molecular complexity index is 1030. The summed E-state index contributed by atoms with van der Waals surface area (Å²) in [5, 5.41) is 12.7. The number of carboxylic acids is 1. The molecular weight excluding hydrogens is 454 g/mol. The number of ketones is 1. The number of aliphatic carboxylic acids is 1. The summed E-state index contributed by atoms with van der Waals surface area (Å²) in [5.41, 5.74) is 1.65. The van der Waals surface area contributed by atoms with E-state index in [1.165, 1.54) is 0 Å². The second-order valence-corrected chi connectivity index (χ2v) is 9.65. The van der Waals surface area contributed by atoms with Crippen molar-refractivity contribution in [1.29, 1.82) is 0 Å². The number of amides is 1. The molecule has 0 aromatic heterocycles. The normalized spacial score (nSPS) is 23.7. The highest BCUT2D eigenvalue weighted by Crippen LogP contribution is 2.49. The van der Waals surface area contributed by atoms with Crippen LogP contribution in [0.5, 0.6) is 5.75 Å². The van der Waals surface area contributed by atoms with E-state index in [-0.39, 0.29) is 35.5 Å². The lowest BCUT2D eigenvalue weighted by Gasteiger charge is -2.26. The number of hydrogen-bond acceptors (Lipinski definition) is 4. The minimum atomic E-state index is -0.727. The lowest BCUT2D eigenvalue weighted by Crippen LogP contribution is -2.27. The molecule has 4 rings (SSSR count). The summed E-state index contributed by atoms with van der Waals surface area (Å²) < 4.78 is 5.96. The van der Waals surface area contributed by atoms with E-state index in [0.717, 1.165) is 24.8 Å². The van der Waals surface area contributed by atoms with Gasteiger partial charge < -0.3 is 15.2 Å². The molecule has 0 unspecified atom stereocenters. The Labute approximate surface area is 204 Å². The summed E-state index contributed by atoms with van der Waals surface area (Å²) in [7, 11) is 0. The molecule has 2 aliphatic carbocycles. The largest absolute Gasteiger partial charge is 0.490 e. The third kappa shape index (κ3) is 6.17. The minimum Gasteiger partial charge on any atom is -0.490 e. The number of nitrogens with one attached hydrogen (secondary N) is 1. The fraction of sp³-hybridized carbons (Fsp3) is 0.444. The van der Waals surface area contributed by atoms with Gasteiger partial charge in [0.25, 0.3) is 0 Å². The lowest BCUT2D eigenvalue weighted by atomic mass is 9.87. The SMILES string of the molecule is O=C(CCCNC(=O)[C@H]1C[C@@H]1c1ccccc1Cl)c1ccc(OC2CCC(C(=O)O)CC2)cc1. The molecule has 2 aromatic carbocycles. The Kier molecular flexibility index (Phi) is 7.88. The molecule has 0 radical (unpaired) electrons. The van der Waals surface area contributed by atoms with E-state index in [2.05, 4.69) is 5.32 Å². The molecule has 2 fully saturated rings. The van der Waals surface area contributed by atoms with Gasteiger partial charge in [-0.15, -0.1) is 0 Å². The maximum atomic E-state index is 12.5. The molecule has 2 aromatic rings. The quantitative estimate of drug-likeness (QED) is 0.356. The van der Waals surface area contributed by atoms with Crippen LogP contribution in [0.3, 0.4) is 0 Å². The van der Waals surface area contributed by atoms with Gasteiger partial charge in [-0.25, -0.2) is 0 Å². The molecule has 2 N–H and O–H groups in total. The topological polar surface area (TPSA) is 92.7 Å². The van der Waals surface area contributed by atoms with E-state index in [4.69, 9.17) is 21.4 Å². The highest BCUT2D eigenvalue weighted by atomic mass is 35.5. The van der Waals surface area contributed by atoms with Crippen molar-refractivity contribution < 1.29 is 24.2 Å². The first-order valence-electron chi connectivity index (χ1n) is 12.0. The molecule has 0 saturated heterocycles. The number of hydrogen-bond donors (Lipinski definition) is 2. The van der Waals surface area contributed by atoms with Gasteiger partial charge >= 0.3 is 5.97 Å². The summed E-state index contributed by atoms with van der Waals surface area (Å²) in [5.74, 6) is -0.0995. The third-order valence-electron chi connectivity index (χ3n) is 6.81. The number of benzene rings is 2. The molecule has 180 valence electrons. The summed E-state index contributed by atoms with van der Waals surface area (Å²) in [4.78, 5) is 35.9. The third-order valence-corrected chi connectivity index (χ3v) is 7.16. The van der Waals surface area contributed by atoms with E-state index < -0.39 is 5.97 Å². The van der Waals surface area contributed by atoms with E-state index >= 15 is 0 Å². The van der Waals surface area contributed by atoms with Crippen LogP contribution in [-0.2, 0) is 9.59 Å². The lowest BCUT2D eigenvalue weighted by molar-refractivity contribution is -0.143. The molecule has 2 atom stereocenters. The average molecular weight is 484 g/mol. The van der Waals surface area contributed by atoms with Crippen LogP contribution in [0, 0.1) is 11.8 Å². The molecule has 0 bridgehead atoms. The molecule has 2 saturated carbocycles. The van der Waals surface area contributed by atoms with Crippen LogP contribution < -0.4 is 10.1 Å². The Balaban J connectivity index is 1.15. The van der Waals surface area contributed by atoms with Gasteiger partial charge in [0.05, 0.1) is 12.0 Å². The maximum absolute atomic E-state index is 12.5. The van der Waals surface area contributed by atoms with Gasteiger partial charge in [-0.1, -0.05) is 29.8 Å². The predicted molar refractivity (Wildman–Crippen MR) is 129 cm³/mol. The van der Waals surface area contributed by atoms with Crippen molar-refractivity contribution in [3.8, 4) is 5.75 Å². The zero-order chi connectivity index (χ0) is 24.1. The predicted octanol–water partition coefficient (Wildman–Crippen LogP) is 5.25. The van der Waals surface area contributed by atoms with Crippen LogP contribution >= 0.6 is 11.6 Å². The zero-order valence-electron chi connectivity index (χ0n) is 19.0. The number of carbonyl (C=O) groups excluding carboxylic acids is 2. The van der Waals surface area contributed by atoms with Gasteiger partial charge in [0.2, 0.25) is 5.91 Å². The van der Waals surface area contributed by atoms with Crippen LogP contribution in [0.4, 0.5) is 0 Å². The highest BCUT2D eigenvalue weighted by molar-refractivity contribution is 6.31. The van der Waals surface area contributed by atoms with Crippen molar-refractivity contribution in [1.82, 2.24) is 5.32 Å². The smallest absolute Gasteiger partial charge is 0.306 e. The van der Waals surface area contributed by atoms with Crippen molar-refractivity contribution in [2.24, 2.45) is 11.8 Å². The fourth-order valence-corrected chi connectivity index (χ4v) is 4.96. The van der Waals surface area contributed by atoms with E-state index in [0.29, 0.717) is 48.6 Å². The molecule has 0 aliphatic heterocycles. The molecule has 1 amide bonds. The van der Waals surface area contributed by atoms with Gasteiger partial charge in [-0.3, -0.25) is 14.4 Å². The number of halogens is 1. The first-order valence-corrected chi connectivity index (χ1v) is 12.3. The van der Waals surface area contributed by atoms with Crippen LogP contribution in [0.15, 0.2) is 48.5 Å². The van der Waals surface area contributed by atoms with E-state index in [1.54, 1.807) is 24.3 Å². The molecule has 6 nitrogen and oxygen atoms in total. The first kappa shape index (κ1) is 24.3. The van der Waals surface area contributed by atoms with Crippen molar-refractivity contribution in [3.05, 3.63) is 64.7 Å². The summed E-state index contributed by atoms with van der Waals surface area (Å²) in [6.07, 6.45) is 4.49. The Hall–Kier alpha value is -2.86. The van der Waals surface area contributed by atoms with Crippen molar-refractivity contribution in [3.63, 3.8) is 0 Å². The van der Waals surface area contributed by atoms with Crippen LogP contribution in [-0.4, -0.2) is 35.4 Å². The number of carboxylic acid groups (broad SMARTS) is 1. The van der Waals surface area contributed by atoms with Gasteiger partial charge in [0, 0.05) is 29.5 Å². The Morgan fingerprint density at radius 2 is 1.71 bits per heavy atom. The van der Waals surface area contributed by atoms with Gasteiger partial charge in [-0.2, -0.15) is 0 Å². The molecule has 34 heavy (non-hydrogen) atoms.